The van der Waals surface area contributed by atoms with E-state index in [2.05, 4.69) is 51.4 Å². The summed E-state index contributed by atoms with van der Waals surface area (Å²) in [6, 6.07) is 9.32. The topological polar surface area (TPSA) is 69.6 Å². The summed E-state index contributed by atoms with van der Waals surface area (Å²) >= 11 is 0. The van der Waals surface area contributed by atoms with Gasteiger partial charge in [-0.3, -0.25) is 0 Å². The van der Waals surface area contributed by atoms with Crippen molar-refractivity contribution in [2.24, 2.45) is 11.7 Å². The molecule has 2 N–H and O–H groups in total. The van der Waals surface area contributed by atoms with E-state index in [0.29, 0.717) is 12.0 Å². The number of benzene rings is 1. The number of tetrazole rings is 1. The van der Waals surface area contributed by atoms with Crippen molar-refractivity contribution in [3.63, 3.8) is 0 Å². The highest BCUT2D eigenvalue weighted by Crippen LogP contribution is 2.37. The lowest BCUT2D eigenvalue weighted by atomic mass is 9.76. The highest BCUT2D eigenvalue weighted by molar-refractivity contribution is 5.30. The summed E-state index contributed by atoms with van der Waals surface area (Å²) in [5.41, 5.74) is 9.47. The van der Waals surface area contributed by atoms with Crippen molar-refractivity contribution in [3.05, 3.63) is 41.2 Å². The number of nitrogens with zero attached hydrogens (tertiary/aromatic N) is 4. The average Bonchev–Trinajstić information content (AvgIpc) is 3.20. The lowest BCUT2D eigenvalue weighted by Crippen LogP contribution is -2.39. The molecule has 4 rings (SSSR count). The minimum Gasteiger partial charge on any atom is -0.326 e. The second kappa shape index (κ2) is 8.51. The van der Waals surface area contributed by atoms with E-state index in [-0.39, 0.29) is 12.0 Å². The molecule has 2 saturated carbocycles. The van der Waals surface area contributed by atoms with Gasteiger partial charge in [-0.1, -0.05) is 68.4 Å². The fourth-order valence-electron chi connectivity index (χ4n) is 5.10. The van der Waals surface area contributed by atoms with Gasteiger partial charge in [-0.2, -0.15) is 0 Å². The molecule has 2 unspecified atom stereocenters. The fraction of sp³-hybridized carbons (Fsp3) is 0.682. The highest BCUT2D eigenvalue weighted by atomic mass is 15.6. The lowest BCUT2D eigenvalue weighted by molar-refractivity contribution is 0.270. The SMILES string of the molecule is Cc1ccc(C(c2nnnn2C2CCCCC2)C(N)C2CCCCC2)cc1. The molecule has 27 heavy (non-hydrogen) atoms. The molecule has 0 aliphatic heterocycles. The van der Waals surface area contributed by atoms with Crippen LogP contribution in [-0.4, -0.2) is 26.2 Å². The molecule has 0 bridgehead atoms. The van der Waals surface area contributed by atoms with E-state index in [1.165, 1.54) is 75.3 Å². The van der Waals surface area contributed by atoms with Crippen LogP contribution in [0.1, 0.15) is 93.1 Å². The van der Waals surface area contributed by atoms with Gasteiger partial charge in [-0.25, -0.2) is 4.68 Å². The first-order valence-electron chi connectivity index (χ1n) is 10.8. The number of hydrogen-bond acceptors (Lipinski definition) is 4. The third-order valence-corrected chi connectivity index (χ3v) is 6.73. The standard InChI is InChI=1S/C22H33N5/c1-16-12-14-17(15-13-16)20(21(23)18-8-4-2-5-9-18)22-24-25-26-27(22)19-10-6-3-7-11-19/h12-15,18-21H,2-11,23H2,1H3. The quantitative estimate of drug-likeness (QED) is 0.843. The van der Waals surface area contributed by atoms with Crippen LogP contribution in [0.4, 0.5) is 0 Å². The van der Waals surface area contributed by atoms with Crippen LogP contribution < -0.4 is 5.73 Å². The van der Waals surface area contributed by atoms with Gasteiger partial charge in [0.2, 0.25) is 0 Å². The van der Waals surface area contributed by atoms with E-state index in [0.717, 1.165) is 5.82 Å². The van der Waals surface area contributed by atoms with E-state index in [4.69, 9.17) is 5.73 Å². The lowest BCUT2D eigenvalue weighted by Gasteiger charge is -2.34. The smallest absolute Gasteiger partial charge is 0.160 e. The molecule has 0 spiro atoms. The Morgan fingerprint density at radius 2 is 1.56 bits per heavy atom. The van der Waals surface area contributed by atoms with Gasteiger partial charge in [0, 0.05) is 6.04 Å². The number of aromatic nitrogens is 4. The molecular formula is C22H33N5. The van der Waals surface area contributed by atoms with E-state index < -0.39 is 0 Å². The van der Waals surface area contributed by atoms with E-state index in [9.17, 15) is 0 Å². The van der Waals surface area contributed by atoms with Gasteiger partial charge in [0.15, 0.2) is 5.82 Å². The predicted molar refractivity (Wildman–Crippen MR) is 108 cm³/mol. The van der Waals surface area contributed by atoms with Crippen LogP contribution in [0.3, 0.4) is 0 Å². The van der Waals surface area contributed by atoms with Gasteiger partial charge in [0.05, 0.1) is 12.0 Å². The Balaban J connectivity index is 1.69. The zero-order valence-corrected chi connectivity index (χ0v) is 16.6. The predicted octanol–water partition coefficient (Wildman–Crippen LogP) is 4.53. The average molecular weight is 368 g/mol. The second-order valence-electron chi connectivity index (χ2n) is 8.64. The van der Waals surface area contributed by atoms with Gasteiger partial charge in [0.1, 0.15) is 0 Å². The summed E-state index contributed by atoms with van der Waals surface area (Å²) in [6.07, 6.45) is 12.6. The molecule has 1 aromatic carbocycles. The van der Waals surface area contributed by atoms with E-state index >= 15 is 0 Å². The summed E-state index contributed by atoms with van der Waals surface area (Å²) in [4.78, 5) is 0. The van der Waals surface area contributed by atoms with E-state index in [1.54, 1.807) is 0 Å². The fourth-order valence-corrected chi connectivity index (χ4v) is 5.10. The van der Waals surface area contributed by atoms with Crippen molar-refractivity contribution in [2.75, 3.05) is 0 Å². The Bertz CT molecular complexity index is 711. The highest BCUT2D eigenvalue weighted by Gasteiger charge is 2.34. The second-order valence-corrected chi connectivity index (χ2v) is 8.64. The van der Waals surface area contributed by atoms with Gasteiger partial charge >= 0.3 is 0 Å². The molecular weight excluding hydrogens is 334 g/mol. The van der Waals surface area contributed by atoms with Gasteiger partial charge in [-0.15, -0.1) is 5.10 Å². The number of nitrogens with two attached hydrogens (primary N) is 1. The molecule has 2 aromatic rings. The number of aryl methyl sites for hydroxylation is 1. The molecule has 1 heterocycles. The van der Waals surface area contributed by atoms with Crippen molar-refractivity contribution in [1.82, 2.24) is 20.2 Å². The molecule has 5 nitrogen and oxygen atoms in total. The summed E-state index contributed by atoms with van der Waals surface area (Å²) in [7, 11) is 0. The van der Waals surface area contributed by atoms with Gasteiger partial charge < -0.3 is 5.73 Å². The molecule has 0 saturated heterocycles. The van der Waals surface area contributed by atoms with Crippen LogP contribution in [-0.2, 0) is 0 Å². The molecule has 1 aromatic heterocycles. The van der Waals surface area contributed by atoms with E-state index in [1.807, 2.05) is 0 Å². The maximum atomic E-state index is 6.94. The third-order valence-electron chi connectivity index (χ3n) is 6.73. The summed E-state index contributed by atoms with van der Waals surface area (Å²) < 4.78 is 2.12. The summed E-state index contributed by atoms with van der Waals surface area (Å²) in [6.45, 7) is 2.13. The van der Waals surface area contributed by atoms with Crippen molar-refractivity contribution >= 4 is 0 Å². The summed E-state index contributed by atoms with van der Waals surface area (Å²) in [5.74, 6) is 1.61. The Labute approximate surface area is 162 Å². The molecule has 146 valence electrons. The van der Waals surface area contributed by atoms with Crippen molar-refractivity contribution in [2.45, 2.75) is 89.1 Å². The Morgan fingerprint density at radius 1 is 0.926 bits per heavy atom. The zero-order valence-electron chi connectivity index (χ0n) is 16.6. The molecule has 2 aliphatic rings. The molecule has 0 radical (unpaired) electrons. The molecule has 2 aliphatic carbocycles. The Hall–Kier alpha value is -1.75. The zero-order chi connectivity index (χ0) is 18.6. The Kier molecular flexibility index (Phi) is 5.86. The van der Waals surface area contributed by atoms with Crippen LogP contribution in [0, 0.1) is 12.8 Å². The minimum absolute atomic E-state index is 0.0707. The molecule has 5 heteroatoms. The minimum atomic E-state index is 0.0707. The first-order valence-corrected chi connectivity index (χ1v) is 10.8. The van der Waals surface area contributed by atoms with Crippen LogP contribution in [0.15, 0.2) is 24.3 Å². The molecule has 0 amide bonds. The van der Waals surface area contributed by atoms with Crippen LogP contribution in [0.5, 0.6) is 0 Å². The first-order chi connectivity index (χ1) is 13.2. The monoisotopic (exact) mass is 367 g/mol. The first kappa shape index (κ1) is 18.6. The number of hydrogen-bond donors (Lipinski definition) is 1. The maximum Gasteiger partial charge on any atom is 0.160 e. The maximum absolute atomic E-state index is 6.94. The van der Waals surface area contributed by atoms with Gasteiger partial charge in [0.25, 0.3) is 0 Å². The van der Waals surface area contributed by atoms with Crippen LogP contribution >= 0.6 is 0 Å². The largest absolute Gasteiger partial charge is 0.326 e. The Morgan fingerprint density at radius 3 is 2.22 bits per heavy atom. The molecule has 2 fully saturated rings. The normalized spacial score (nSPS) is 21.9. The van der Waals surface area contributed by atoms with Crippen LogP contribution in [0.25, 0.3) is 0 Å². The number of rotatable bonds is 5. The summed E-state index contributed by atoms with van der Waals surface area (Å²) in [5, 5.41) is 13.1. The third kappa shape index (κ3) is 4.08. The van der Waals surface area contributed by atoms with Crippen LogP contribution in [0.2, 0.25) is 0 Å². The van der Waals surface area contributed by atoms with Gasteiger partial charge in [-0.05, 0) is 54.5 Å². The van der Waals surface area contributed by atoms with Crippen molar-refractivity contribution in [1.29, 1.82) is 0 Å². The molecule has 2 atom stereocenters. The van der Waals surface area contributed by atoms with Crippen molar-refractivity contribution < 1.29 is 0 Å². The van der Waals surface area contributed by atoms with Crippen molar-refractivity contribution in [3.8, 4) is 0 Å².